The van der Waals surface area contributed by atoms with E-state index in [9.17, 15) is 13.6 Å². The molecule has 0 unspecified atom stereocenters. The van der Waals surface area contributed by atoms with Crippen LogP contribution in [-0.4, -0.2) is 18.5 Å². The molecule has 0 aromatic heterocycles. The number of hydrogen-bond donors (Lipinski definition) is 2. The average Bonchev–Trinajstić information content (AvgIpc) is 3.13. The number of benzene rings is 1. The first-order valence-electron chi connectivity index (χ1n) is 5.57. The van der Waals surface area contributed by atoms with Gasteiger partial charge in [-0.25, -0.2) is 8.78 Å². The average molecular weight is 240 g/mol. The summed E-state index contributed by atoms with van der Waals surface area (Å²) < 4.78 is 25.6. The Labute approximate surface area is 98.0 Å². The summed E-state index contributed by atoms with van der Waals surface area (Å²) in [5, 5.41) is 2.61. The smallest absolute Gasteiger partial charge is 0.251 e. The number of amides is 1. The van der Waals surface area contributed by atoms with Crippen molar-refractivity contribution in [2.45, 2.75) is 18.9 Å². The van der Waals surface area contributed by atoms with Gasteiger partial charge in [0.15, 0.2) is 11.6 Å². The molecule has 1 saturated carbocycles. The van der Waals surface area contributed by atoms with Crippen molar-refractivity contribution in [3.63, 3.8) is 0 Å². The van der Waals surface area contributed by atoms with Crippen LogP contribution in [0, 0.1) is 17.6 Å². The van der Waals surface area contributed by atoms with Crippen molar-refractivity contribution < 1.29 is 13.6 Å². The minimum absolute atomic E-state index is 0.0516. The number of hydrogen-bond acceptors (Lipinski definition) is 2. The van der Waals surface area contributed by atoms with Gasteiger partial charge in [-0.2, -0.15) is 0 Å². The Bertz CT molecular complexity index is 433. The molecule has 0 bridgehead atoms. The van der Waals surface area contributed by atoms with E-state index in [1.807, 2.05) is 0 Å². The molecule has 1 aromatic carbocycles. The van der Waals surface area contributed by atoms with E-state index in [2.05, 4.69) is 5.32 Å². The summed E-state index contributed by atoms with van der Waals surface area (Å²) in [6.45, 7) is 0.364. The Kier molecular flexibility index (Phi) is 3.38. The second-order valence-corrected chi connectivity index (χ2v) is 4.34. The van der Waals surface area contributed by atoms with Gasteiger partial charge in [0.2, 0.25) is 0 Å². The molecule has 1 aromatic rings. The quantitative estimate of drug-likeness (QED) is 0.836. The predicted molar refractivity (Wildman–Crippen MR) is 59.4 cm³/mol. The molecule has 1 aliphatic rings. The molecule has 1 amide bonds. The van der Waals surface area contributed by atoms with Crippen molar-refractivity contribution in [1.29, 1.82) is 0 Å². The van der Waals surface area contributed by atoms with Crippen LogP contribution in [0.2, 0.25) is 0 Å². The monoisotopic (exact) mass is 240 g/mol. The Morgan fingerprint density at radius 2 is 2.12 bits per heavy atom. The molecule has 92 valence electrons. The third kappa shape index (κ3) is 3.00. The standard InChI is InChI=1S/C12H14F2N2O/c13-9-4-3-8(5-10(9)14)12(17)16-6-11(15)7-1-2-7/h3-5,7,11H,1-2,6,15H2,(H,16,17)/t11-/m1/s1. The third-order valence-electron chi connectivity index (χ3n) is 2.91. The minimum atomic E-state index is -1.02. The van der Waals surface area contributed by atoms with Crippen LogP contribution in [0.25, 0.3) is 0 Å². The molecule has 0 spiro atoms. The maximum atomic E-state index is 12.9. The van der Waals surface area contributed by atoms with E-state index in [4.69, 9.17) is 5.73 Å². The number of halogens is 2. The first kappa shape index (κ1) is 12.0. The fraction of sp³-hybridized carbons (Fsp3) is 0.417. The minimum Gasteiger partial charge on any atom is -0.350 e. The summed E-state index contributed by atoms with van der Waals surface area (Å²) >= 11 is 0. The molecule has 0 aliphatic heterocycles. The molecule has 2 rings (SSSR count). The van der Waals surface area contributed by atoms with Crippen LogP contribution >= 0.6 is 0 Å². The van der Waals surface area contributed by atoms with E-state index in [0.717, 1.165) is 25.0 Å². The number of nitrogens with one attached hydrogen (secondary N) is 1. The van der Waals surface area contributed by atoms with Crippen LogP contribution in [0.15, 0.2) is 18.2 Å². The Balaban J connectivity index is 1.92. The van der Waals surface area contributed by atoms with Crippen LogP contribution < -0.4 is 11.1 Å². The van der Waals surface area contributed by atoms with E-state index in [-0.39, 0.29) is 11.6 Å². The van der Waals surface area contributed by atoms with Crippen molar-refractivity contribution in [2.24, 2.45) is 11.7 Å². The summed E-state index contributed by atoms with van der Waals surface area (Å²) in [5.41, 5.74) is 5.91. The Morgan fingerprint density at radius 1 is 1.41 bits per heavy atom. The molecule has 3 nitrogen and oxygen atoms in total. The zero-order chi connectivity index (χ0) is 12.4. The van der Waals surface area contributed by atoms with Crippen molar-refractivity contribution >= 4 is 5.91 Å². The summed E-state index contributed by atoms with van der Waals surface area (Å²) in [6, 6.07) is 3.01. The lowest BCUT2D eigenvalue weighted by atomic mass is 10.1. The maximum absolute atomic E-state index is 12.9. The van der Waals surface area contributed by atoms with Gasteiger partial charge in [0.05, 0.1) is 0 Å². The summed E-state index contributed by atoms with van der Waals surface area (Å²) in [6.07, 6.45) is 2.20. The predicted octanol–water partition coefficient (Wildman–Crippen LogP) is 1.43. The van der Waals surface area contributed by atoms with Gasteiger partial charge >= 0.3 is 0 Å². The Hall–Kier alpha value is -1.49. The van der Waals surface area contributed by atoms with Gasteiger partial charge in [0.25, 0.3) is 5.91 Å². The summed E-state index contributed by atoms with van der Waals surface area (Å²) in [5.74, 6) is -1.93. The number of rotatable bonds is 4. The fourth-order valence-corrected chi connectivity index (χ4v) is 1.64. The summed E-state index contributed by atoms with van der Waals surface area (Å²) in [7, 11) is 0. The summed E-state index contributed by atoms with van der Waals surface area (Å²) in [4.78, 5) is 11.6. The van der Waals surface area contributed by atoms with Crippen molar-refractivity contribution in [3.8, 4) is 0 Å². The van der Waals surface area contributed by atoms with Gasteiger partial charge in [-0.1, -0.05) is 0 Å². The molecular formula is C12H14F2N2O. The first-order valence-corrected chi connectivity index (χ1v) is 5.57. The lowest BCUT2D eigenvalue weighted by molar-refractivity contribution is 0.0949. The van der Waals surface area contributed by atoms with Crippen LogP contribution in [-0.2, 0) is 0 Å². The van der Waals surface area contributed by atoms with Gasteiger partial charge in [-0.3, -0.25) is 4.79 Å². The van der Waals surface area contributed by atoms with Crippen LogP contribution in [0.1, 0.15) is 23.2 Å². The largest absolute Gasteiger partial charge is 0.350 e. The van der Waals surface area contributed by atoms with Gasteiger partial charge in [-0.05, 0) is 37.0 Å². The molecule has 0 saturated heterocycles. The third-order valence-corrected chi connectivity index (χ3v) is 2.91. The highest BCUT2D eigenvalue weighted by Crippen LogP contribution is 2.31. The second kappa shape index (κ2) is 4.79. The van der Waals surface area contributed by atoms with E-state index >= 15 is 0 Å². The molecular weight excluding hydrogens is 226 g/mol. The van der Waals surface area contributed by atoms with Crippen molar-refractivity contribution in [1.82, 2.24) is 5.32 Å². The zero-order valence-electron chi connectivity index (χ0n) is 9.25. The SMILES string of the molecule is N[C@H](CNC(=O)c1ccc(F)c(F)c1)C1CC1. The van der Waals surface area contributed by atoms with Crippen LogP contribution in [0.3, 0.4) is 0 Å². The van der Waals surface area contributed by atoms with Crippen molar-refractivity contribution in [3.05, 3.63) is 35.4 Å². The van der Waals surface area contributed by atoms with E-state index in [0.29, 0.717) is 12.5 Å². The molecule has 1 fully saturated rings. The van der Waals surface area contributed by atoms with Crippen molar-refractivity contribution in [2.75, 3.05) is 6.54 Å². The van der Waals surface area contributed by atoms with Gasteiger partial charge in [-0.15, -0.1) is 0 Å². The van der Waals surface area contributed by atoms with Crippen LogP contribution in [0.4, 0.5) is 8.78 Å². The van der Waals surface area contributed by atoms with Gasteiger partial charge in [0.1, 0.15) is 0 Å². The molecule has 0 radical (unpaired) electrons. The molecule has 1 aliphatic carbocycles. The van der Waals surface area contributed by atoms with Gasteiger partial charge in [0, 0.05) is 18.2 Å². The van der Waals surface area contributed by atoms with E-state index < -0.39 is 17.5 Å². The Morgan fingerprint density at radius 3 is 2.71 bits per heavy atom. The molecule has 17 heavy (non-hydrogen) atoms. The van der Waals surface area contributed by atoms with E-state index in [1.54, 1.807) is 0 Å². The highest BCUT2D eigenvalue weighted by molar-refractivity contribution is 5.94. The fourth-order valence-electron chi connectivity index (χ4n) is 1.64. The number of nitrogens with two attached hydrogens (primary N) is 1. The maximum Gasteiger partial charge on any atom is 0.251 e. The first-order chi connectivity index (χ1) is 8.08. The zero-order valence-corrected chi connectivity index (χ0v) is 9.25. The lowest BCUT2D eigenvalue weighted by Gasteiger charge is -2.11. The number of carbonyl (C=O) groups excluding carboxylic acids is 1. The van der Waals surface area contributed by atoms with Crippen LogP contribution in [0.5, 0.6) is 0 Å². The van der Waals surface area contributed by atoms with Gasteiger partial charge < -0.3 is 11.1 Å². The highest BCUT2D eigenvalue weighted by Gasteiger charge is 2.28. The molecule has 0 heterocycles. The molecule has 5 heteroatoms. The molecule has 3 N–H and O–H groups in total. The topological polar surface area (TPSA) is 55.1 Å². The molecule has 1 atom stereocenters. The second-order valence-electron chi connectivity index (χ2n) is 4.34. The van der Waals surface area contributed by atoms with E-state index in [1.165, 1.54) is 6.07 Å². The number of carbonyl (C=O) groups is 1. The highest BCUT2D eigenvalue weighted by atomic mass is 19.2. The normalized spacial score (nSPS) is 16.6. The lowest BCUT2D eigenvalue weighted by Crippen LogP contribution is -2.38.